The molecule has 3 rings (SSSR count). The summed E-state index contributed by atoms with van der Waals surface area (Å²) in [6, 6.07) is 6.45. The van der Waals surface area contributed by atoms with E-state index >= 15 is 0 Å². The number of carboxylic acids is 1. The number of aromatic nitrogens is 1. The van der Waals surface area contributed by atoms with Crippen molar-refractivity contribution in [3.8, 4) is 0 Å². The van der Waals surface area contributed by atoms with Crippen molar-refractivity contribution in [2.45, 2.75) is 26.9 Å². The molecular weight excluding hydrogens is 401 g/mol. The van der Waals surface area contributed by atoms with Gasteiger partial charge in [-0.3, -0.25) is 19.3 Å². The molecule has 2 aromatic rings. The molecule has 0 bridgehead atoms. The molecule has 1 N–H and O–H groups in total. The molecule has 9 heteroatoms. The number of alkyl halides is 3. The lowest BCUT2D eigenvalue weighted by Gasteiger charge is -2.16. The van der Waals surface area contributed by atoms with E-state index in [-0.39, 0.29) is 22.2 Å². The number of hydrogen-bond acceptors (Lipinski definition) is 3. The maximum Gasteiger partial charge on any atom is 0.417 e. The molecule has 1 aromatic carbocycles. The van der Waals surface area contributed by atoms with Crippen LogP contribution in [0.3, 0.4) is 0 Å². The normalized spacial score (nSPS) is 16.6. The van der Waals surface area contributed by atoms with E-state index < -0.39 is 47.2 Å². The van der Waals surface area contributed by atoms with Crippen molar-refractivity contribution in [3.63, 3.8) is 0 Å². The third-order valence-corrected chi connectivity index (χ3v) is 5.14. The number of likely N-dealkylation sites (tertiary alicyclic amines) is 1. The maximum atomic E-state index is 14.4. The van der Waals surface area contributed by atoms with Gasteiger partial charge < -0.3 is 9.67 Å². The second-order valence-corrected chi connectivity index (χ2v) is 7.25. The highest BCUT2D eigenvalue weighted by molar-refractivity contribution is 6.29. The van der Waals surface area contributed by atoms with E-state index in [2.05, 4.69) is 0 Å². The fraction of sp³-hybridized carbons (Fsp3) is 0.286. The first kappa shape index (κ1) is 21.4. The first-order valence-corrected chi connectivity index (χ1v) is 8.99. The van der Waals surface area contributed by atoms with Crippen LogP contribution in [0.1, 0.15) is 25.1 Å². The van der Waals surface area contributed by atoms with E-state index in [4.69, 9.17) is 5.11 Å². The molecule has 2 heterocycles. The molecule has 0 aliphatic carbocycles. The number of carbonyl (C=O) groups excluding carboxylic acids is 2. The molecule has 0 saturated carbocycles. The second kappa shape index (κ2) is 7.16. The van der Waals surface area contributed by atoms with Crippen molar-refractivity contribution < 1.29 is 32.7 Å². The minimum absolute atomic E-state index is 0.191. The highest BCUT2D eigenvalue weighted by atomic mass is 19.4. The van der Waals surface area contributed by atoms with Crippen LogP contribution in [0.5, 0.6) is 0 Å². The average Bonchev–Trinajstić information content (AvgIpc) is 3.02. The lowest BCUT2D eigenvalue weighted by atomic mass is 9.91. The Morgan fingerprint density at radius 2 is 1.63 bits per heavy atom. The number of carboxylic acid groups (broad SMARTS) is 1. The van der Waals surface area contributed by atoms with Gasteiger partial charge in [-0.25, -0.2) is 0 Å². The standard InChI is InChI=1S/C21H19F3N2O4/c1-10(2)15-17(20(30)26(19(15)29)9-14(27)28)18(21(22,23)24)16-11(3)25(4)13-8-6-5-7-12(13)16/h5-8H,9H2,1-4H3,(H,27,28)/b18-17+. The summed E-state index contributed by atoms with van der Waals surface area (Å²) in [5, 5.41) is 9.30. The first-order chi connectivity index (χ1) is 13.9. The van der Waals surface area contributed by atoms with Gasteiger partial charge in [-0.15, -0.1) is 0 Å². The van der Waals surface area contributed by atoms with Gasteiger partial charge in [0, 0.05) is 29.2 Å². The predicted octanol–water partition coefficient (Wildman–Crippen LogP) is 3.59. The number of benzene rings is 1. The van der Waals surface area contributed by atoms with E-state index in [0.717, 1.165) is 0 Å². The summed E-state index contributed by atoms with van der Waals surface area (Å²) >= 11 is 0. The van der Waals surface area contributed by atoms with Crippen LogP contribution in [0.2, 0.25) is 0 Å². The summed E-state index contributed by atoms with van der Waals surface area (Å²) in [7, 11) is 1.61. The Labute approximate surface area is 169 Å². The van der Waals surface area contributed by atoms with E-state index in [1.54, 1.807) is 29.8 Å². The van der Waals surface area contributed by atoms with Crippen molar-refractivity contribution in [3.05, 3.63) is 52.2 Å². The van der Waals surface area contributed by atoms with Gasteiger partial charge in [-0.05, 0) is 26.8 Å². The topological polar surface area (TPSA) is 79.6 Å². The van der Waals surface area contributed by atoms with Gasteiger partial charge in [0.15, 0.2) is 0 Å². The van der Waals surface area contributed by atoms with E-state index in [9.17, 15) is 27.6 Å². The zero-order valence-electron chi connectivity index (χ0n) is 16.7. The predicted molar refractivity (Wildman–Crippen MR) is 103 cm³/mol. The van der Waals surface area contributed by atoms with Crippen LogP contribution in [-0.4, -0.2) is 45.1 Å². The summed E-state index contributed by atoms with van der Waals surface area (Å²) in [4.78, 5) is 37.1. The Balaban J connectivity index is 2.49. The van der Waals surface area contributed by atoms with Crippen LogP contribution in [-0.2, 0) is 21.4 Å². The van der Waals surface area contributed by atoms with Gasteiger partial charge in [-0.2, -0.15) is 13.2 Å². The van der Waals surface area contributed by atoms with E-state index in [1.165, 1.54) is 26.8 Å². The minimum Gasteiger partial charge on any atom is -0.480 e. The van der Waals surface area contributed by atoms with Crippen LogP contribution in [0, 0.1) is 6.92 Å². The molecule has 1 fully saturated rings. The zero-order valence-corrected chi connectivity index (χ0v) is 16.7. The third kappa shape index (κ3) is 3.20. The number of aliphatic carboxylic acids is 1. The summed E-state index contributed by atoms with van der Waals surface area (Å²) in [5.74, 6) is -3.81. The summed E-state index contributed by atoms with van der Waals surface area (Å²) < 4.78 is 44.8. The highest BCUT2D eigenvalue weighted by Gasteiger charge is 2.49. The van der Waals surface area contributed by atoms with Gasteiger partial charge in [0.05, 0.1) is 16.7 Å². The number of aryl methyl sites for hydroxylation is 1. The number of fused-ring (bicyclic) bond motifs is 1. The van der Waals surface area contributed by atoms with Crippen LogP contribution in [0.4, 0.5) is 13.2 Å². The lowest BCUT2D eigenvalue weighted by Crippen LogP contribution is -2.35. The third-order valence-electron chi connectivity index (χ3n) is 5.14. The Hall–Kier alpha value is -3.36. The molecule has 0 unspecified atom stereocenters. The van der Waals surface area contributed by atoms with Crippen molar-refractivity contribution in [2.75, 3.05) is 6.54 Å². The number of hydrogen-bond donors (Lipinski definition) is 1. The second-order valence-electron chi connectivity index (χ2n) is 7.25. The molecule has 0 atom stereocenters. The lowest BCUT2D eigenvalue weighted by molar-refractivity contribution is -0.147. The Bertz CT molecular complexity index is 1160. The molecule has 6 nitrogen and oxygen atoms in total. The number of allylic oxidation sites excluding steroid dienone is 2. The number of imide groups is 1. The van der Waals surface area contributed by atoms with Crippen molar-refractivity contribution in [1.82, 2.24) is 9.47 Å². The largest absolute Gasteiger partial charge is 0.480 e. The van der Waals surface area contributed by atoms with Crippen molar-refractivity contribution in [2.24, 2.45) is 7.05 Å². The quantitative estimate of drug-likeness (QED) is 0.608. The number of carbonyl (C=O) groups is 3. The van der Waals surface area contributed by atoms with Crippen LogP contribution < -0.4 is 0 Å². The SMILES string of the molecule is CC(C)=C1C(=O)N(CC(=O)O)C(=O)/C1=C(\c1c(C)n(C)c2ccccc12)C(F)(F)F. The maximum absolute atomic E-state index is 14.4. The van der Waals surface area contributed by atoms with E-state index in [0.29, 0.717) is 10.4 Å². The fourth-order valence-electron chi connectivity index (χ4n) is 3.80. The number of halogens is 3. The summed E-state index contributed by atoms with van der Waals surface area (Å²) in [5.41, 5.74) is -1.68. The molecule has 0 spiro atoms. The van der Waals surface area contributed by atoms with Gasteiger partial charge >= 0.3 is 12.1 Å². The van der Waals surface area contributed by atoms with Gasteiger partial charge in [0.1, 0.15) is 6.54 Å². The molecule has 1 aromatic heterocycles. The number of rotatable bonds is 3. The number of amides is 2. The summed E-state index contributed by atoms with van der Waals surface area (Å²) in [6.07, 6.45) is -4.97. The van der Waals surface area contributed by atoms with Gasteiger partial charge in [0.25, 0.3) is 11.8 Å². The molecule has 2 amide bonds. The number of nitrogens with zero attached hydrogens (tertiary/aromatic N) is 2. The fourth-order valence-corrected chi connectivity index (χ4v) is 3.80. The Morgan fingerprint density at radius 3 is 2.17 bits per heavy atom. The minimum atomic E-state index is -4.97. The molecular formula is C21H19F3N2O4. The molecule has 1 aliphatic rings. The average molecular weight is 420 g/mol. The first-order valence-electron chi connectivity index (χ1n) is 8.99. The Kier molecular flexibility index (Phi) is 5.09. The van der Waals surface area contributed by atoms with Crippen LogP contribution >= 0.6 is 0 Å². The van der Waals surface area contributed by atoms with Gasteiger partial charge in [0.2, 0.25) is 0 Å². The zero-order chi connectivity index (χ0) is 22.5. The van der Waals surface area contributed by atoms with E-state index in [1.807, 2.05) is 0 Å². The van der Waals surface area contributed by atoms with Crippen LogP contribution in [0.25, 0.3) is 16.5 Å². The van der Waals surface area contributed by atoms with Crippen LogP contribution in [0.15, 0.2) is 41.0 Å². The smallest absolute Gasteiger partial charge is 0.417 e. The van der Waals surface area contributed by atoms with Crippen molar-refractivity contribution in [1.29, 1.82) is 0 Å². The molecule has 0 radical (unpaired) electrons. The highest BCUT2D eigenvalue weighted by Crippen LogP contribution is 2.46. The molecule has 158 valence electrons. The monoisotopic (exact) mass is 420 g/mol. The molecule has 1 saturated heterocycles. The van der Waals surface area contributed by atoms with Gasteiger partial charge in [-0.1, -0.05) is 23.8 Å². The Morgan fingerprint density at radius 1 is 1.07 bits per heavy atom. The summed E-state index contributed by atoms with van der Waals surface area (Å²) in [6.45, 7) is 3.31. The number of para-hydroxylation sites is 1. The molecule has 30 heavy (non-hydrogen) atoms. The van der Waals surface area contributed by atoms with Crippen molar-refractivity contribution >= 4 is 34.3 Å². The molecule has 1 aliphatic heterocycles.